The normalized spacial score (nSPS) is 12.6. The van der Waals surface area contributed by atoms with Gasteiger partial charge >= 0.3 is 0 Å². The van der Waals surface area contributed by atoms with Crippen LogP contribution in [0.4, 0.5) is 0 Å². The zero-order chi connectivity index (χ0) is 12.8. The molecule has 5 heteroatoms. The van der Waals surface area contributed by atoms with Gasteiger partial charge in [-0.1, -0.05) is 34.1 Å². The van der Waals surface area contributed by atoms with E-state index in [0.29, 0.717) is 6.61 Å². The van der Waals surface area contributed by atoms with Crippen LogP contribution in [0.2, 0.25) is 0 Å². The first-order chi connectivity index (χ1) is 8.83. The van der Waals surface area contributed by atoms with E-state index in [9.17, 15) is 0 Å². The number of benzene rings is 1. The zero-order valence-electron chi connectivity index (χ0n) is 10.1. The van der Waals surface area contributed by atoms with Gasteiger partial charge in [-0.05, 0) is 11.6 Å². The molecule has 0 aliphatic carbocycles. The van der Waals surface area contributed by atoms with Gasteiger partial charge in [-0.2, -0.15) is 0 Å². The van der Waals surface area contributed by atoms with Crippen LogP contribution in [0.3, 0.4) is 0 Å². The number of hydrogen-bond donors (Lipinski definition) is 1. The summed E-state index contributed by atoms with van der Waals surface area (Å²) in [7, 11) is 1.71. The van der Waals surface area contributed by atoms with E-state index in [1.54, 1.807) is 18.4 Å². The van der Waals surface area contributed by atoms with E-state index in [0.717, 1.165) is 16.0 Å². The van der Waals surface area contributed by atoms with Gasteiger partial charge in [0, 0.05) is 29.7 Å². The second kappa shape index (κ2) is 6.99. The van der Waals surface area contributed by atoms with Crippen molar-refractivity contribution in [3.05, 3.63) is 50.9 Å². The number of hydrogen-bond acceptors (Lipinski definition) is 4. The lowest BCUT2D eigenvalue weighted by molar-refractivity contribution is 0.197. The van der Waals surface area contributed by atoms with E-state index in [1.807, 2.05) is 29.8 Å². The zero-order valence-corrected chi connectivity index (χ0v) is 12.5. The van der Waals surface area contributed by atoms with E-state index < -0.39 is 0 Å². The van der Waals surface area contributed by atoms with Crippen LogP contribution in [-0.2, 0) is 4.74 Å². The minimum atomic E-state index is 0.107. The molecule has 0 radical (unpaired) electrons. The van der Waals surface area contributed by atoms with Crippen molar-refractivity contribution < 1.29 is 4.74 Å². The summed E-state index contributed by atoms with van der Waals surface area (Å²) in [5.74, 6) is 0. The predicted molar refractivity (Wildman–Crippen MR) is 78.0 cm³/mol. The van der Waals surface area contributed by atoms with Crippen LogP contribution in [0.15, 0.2) is 40.3 Å². The lowest BCUT2D eigenvalue weighted by Crippen LogP contribution is -2.26. The summed E-state index contributed by atoms with van der Waals surface area (Å²) in [6.07, 6.45) is 1.84. The molecule has 1 aromatic carbocycles. The minimum absolute atomic E-state index is 0.107. The lowest BCUT2D eigenvalue weighted by atomic mass is 10.1. The summed E-state index contributed by atoms with van der Waals surface area (Å²) in [6, 6.07) is 8.32. The Labute approximate surface area is 119 Å². The average molecular weight is 327 g/mol. The molecule has 0 spiro atoms. The van der Waals surface area contributed by atoms with Gasteiger partial charge in [0.1, 0.15) is 5.01 Å². The highest BCUT2D eigenvalue weighted by Crippen LogP contribution is 2.29. The molecule has 0 aliphatic rings. The van der Waals surface area contributed by atoms with Gasteiger partial charge in [0.15, 0.2) is 0 Å². The van der Waals surface area contributed by atoms with Crippen LogP contribution in [0.1, 0.15) is 16.6 Å². The van der Waals surface area contributed by atoms with Gasteiger partial charge in [-0.3, -0.25) is 0 Å². The van der Waals surface area contributed by atoms with Gasteiger partial charge in [0.05, 0.1) is 12.6 Å². The Hall–Kier alpha value is -0.750. The standard InChI is InChI=1S/C13H15BrN2OS/c1-17-8-6-15-12(13-16-7-9-18-13)10-4-2-3-5-11(10)14/h2-5,7,9,12,15H,6,8H2,1H3. The Morgan fingerprint density at radius 1 is 1.44 bits per heavy atom. The molecule has 3 nitrogen and oxygen atoms in total. The quantitative estimate of drug-likeness (QED) is 0.827. The maximum Gasteiger partial charge on any atom is 0.114 e. The Bertz CT molecular complexity index is 476. The van der Waals surface area contributed by atoms with Crippen LogP contribution >= 0.6 is 27.3 Å². The fourth-order valence-corrected chi connectivity index (χ4v) is 2.96. The van der Waals surface area contributed by atoms with Crippen LogP contribution in [0, 0.1) is 0 Å². The second-order valence-corrected chi connectivity index (χ2v) is 5.55. The predicted octanol–water partition coefficient (Wildman–Crippen LogP) is 3.23. The molecule has 1 unspecified atom stereocenters. The molecular weight excluding hydrogens is 312 g/mol. The highest BCUT2D eigenvalue weighted by atomic mass is 79.9. The van der Waals surface area contributed by atoms with Gasteiger partial charge in [-0.25, -0.2) is 4.98 Å². The first-order valence-electron chi connectivity index (χ1n) is 5.69. The van der Waals surface area contributed by atoms with E-state index in [2.05, 4.69) is 32.3 Å². The maximum absolute atomic E-state index is 5.08. The monoisotopic (exact) mass is 326 g/mol. The summed E-state index contributed by atoms with van der Waals surface area (Å²) in [5.41, 5.74) is 1.20. The van der Waals surface area contributed by atoms with E-state index in [1.165, 1.54) is 5.56 Å². The van der Waals surface area contributed by atoms with Gasteiger partial charge < -0.3 is 10.1 Å². The van der Waals surface area contributed by atoms with Crippen LogP contribution in [0.25, 0.3) is 0 Å². The average Bonchev–Trinajstić information content (AvgIpc) is 2.90. The van der Waals surface area contributed by atoms with Gasteiger partial charge in [0.25, 0.3) is 0 Å². The van der Waals surface area contributed by atoms with E-state index >= 15 is 0 Å². The van der Waals surface area contributed by atoms with Gasteiger partial charge in [-0.15, -0.1) is 11.3 Å². The van der Waals surface area contributed by atoms with Gasteiger partial charge in [0.2, 0.25) is 0 Å². The van der Waals surface area contributed by atoms with Crippen LogP contribution in [-0.4, -0.2) is 25.2 Å². The Morgan fingerprint density at radius 2 is 2.28 bits per heavy atom. The lowest BCUT2D eigenvalue weighted by Gasteiger charge is -2.18. The second-order valence-electron chi connectivity index (χ2n) is 3.77. The highest BCUT2D eigenvalue weighted by Gasteiger charge is 2.17. The first kappa shape index (κ1) is 13.7. The van der Waals surface area contributed by atoms with E-state index in [-0.39, 0.29) is 6.04 Å². The van der Waals surface area contributed by atoms with Crippen molar-refractivity contribution in [2.75, 3.05) is 20.3 Å². The van der Waals surface area contributed by atoms with Crippen molar-refractivity contribution in [1.82, 2.24) is 10.3 Å². The Kier molecular flexibility index (Phi) is 5.31. The molecular formula is C13H15BrN2OS. The smallest absolute Gasteiger partial charge is 0.114 e. The molecule has 0 bridgehead atoms. The fourth-order valence-electron chi connectivity index (χ4n) is 1.72. The number of methoxy groups -OCH3 is 1. The molecule has 2 rings (SSSR count). The van der Waals surface area contributed by atoms with Crippen molar-refractivity contribution in [2.24, 2.45) is 0 Å². The molecule has 0 saturated heterocycles. The number of ether oxygens (including phenoxy) is 1. The van der Waals surface area contributed by atoms with E-state index in [4.69, 9.17) is 4.74 Å². The van der Waals surface area contributed by atoms with Crippen LogP contribution < -0.4 is 5.32 Å². The third kappa shape index (κ3) is 3.38. The summed E-state index contributed by atoms with van der Waals surface area (Å²) >= 11 is 5.25. The van der Waals surface area contributed by atoms with Crippen molar-refractivity contribution in [3.63, 3.8) is 0 Å². The van der Waals surface area contributed by atoms with Crippen molar-refractivity contribution >= 4 is 27.3 Å². The molecule has 0 fully saturated rings. The summed E-state index contributed by atoms with van der Waals surface area (Å²) < 4.78 is 6.18. The summed E-state index contributed by atoms with van der Waals surface area (Å²) in [5, 5.41) is 6.54. The van der Waals surface area contributed by atoms with Crippen LogP contribution in [0.5, 0.6) is 0 Å². The summed E-state index contributed by atoms with van der Waals surface area (Å²) in [4.78, 5) is 4.41. The molecule has 1 heterocycles. The number of thiazole rings is 1. The molecule has 2 aromatic rings. The molecule has 96 valence electrons. The largest absolute Gasteiger partial charge is 0.383 e. The Balaban J connectivity index is 2.22. The number of halogens is 1. The number of nitrogens with zero attached hydrogens (tertiary/aromatic N) is 1. The molecule has 1 atom stereocenters. The highest BCUT2D eigenvalue weighted by molar-refractivity contribution is 9.10. The molecule has 1 aromatic heterocycles. The Morgan fingerprint density at radius 3 is 2.94 bits per heavy atom. The maximum atomic E-state index is 5.08. The molecule has 0 aliphatic heterocycles. The molecule has 0 saturated carbocycles. The minimum Gasteiger partial charge on any atom is -0.383 e. The first-order valence-corrected chi connectivity index (χ1v) is 7.36. The third-order valence-electron chi connectivity index (χ3n) is 2.57. The summed E-state index contributed by atoms with van der Waals surface area (Å²) in [6.45, 7) is 1.48. The fraction of sp³-hybridized carbons (Fsp3) is 0.308. The van der Waals surface area contributed by atoms with Crippen molar-refractivity contribution in [2.45, 2.75) is 6.04 Å². The number of aromatic nitrogens is 1. The van der Waals surface area contributed by atoms with Crippen molar-refractivity contribution in [1.29, 1.82) is 0 Å². The third-order valence-corrected chi connectivity index (χ3v) is 4.13. The van der Waals surface area contributed by atoms with Crippen molar-refractivity contribution in [3.8, 4) is 0 Å². The topological polar surface area (TPSA) is 34.1 Å². The number of rotatable bonds is 6. The SMILES string of the molecule is COCCNC(c1nccs1)c1ccccc1Br. The molecule has 1 N–H and O–H groups in total. The molecule has 0 amide bonds. The molecule has 18 heavy (non-hydrogen) atoms. The number of nitrogens with one attached hydrogen (secondary N) is 1.